The van der Waals surface area contributed by atoms with Crippen molar-refractivity contribution < 1.29 is 14.6 Å². The number of ether oxygens (including phenoxy) is 1. The van der Waals surface area contributed by atoms with Crippen LogP contribution in [0.3, 0.4) is 0 Å². The molecule has 0 atom stereocenters. The number of benzene rings is 1. The van der Waals surface area contributed by atoms with Crippen LogP contribution >= 0.6 is 0 Å². The molecule has 2 heterocycles. The molecule has 1 saturated heterocycles. The third-order valence-corrected chi connectivity index (χ3v) is 3.89. The molecule has 2 aromatic rings. The normalized spacial score (nSPS) is 15.2. The van der Waals surface area contributed by atoms with E-state index in [4.69, 9.17) is 4.74 Å². The maximum Gasteiger partial charge on any atom is 0.339 e. The zero-order valence-corrected chi connectivity index (χ0v) is 12.0. The number of methoxy groups -OCH3 is 1. The fraction of sp³-hybridized carbons (Fsp3) is 0.375. The molecule has 5 heteroatoms. The van der Waals surface area contributed by atoms with Gasteiger partial charge in [0.15, 0.2) is 0 Å². The number of carbonyl (C=O) groups is 1. The van der Waals surface area contributed by atoms with Crippen molar-refractivity contribution >= 4 is 22.7 Å². The topological polar surface area (TPSA) is 62.7 Å². The summed E-state index contributed by atoms with van der Waals surface area (Å²) in [7, 11) is 1.61. The Labute approximate surface area is 123 Å². The van der Waals surface area contributed by atoms with Gasteiger partial charge >= 0.3 is 5.97 Å². The third-order valence-electron chi connectivity index (χ3n) is 3.89. The largest absolute Gasteiger partial charge is 0.497 e. The summed E-state index contributed by atoms with van der Waals surface area (Å²) in [5.74, 6) is 0.367. The molecule has 21 heavy (non-hydrogen) atoms. The van der Waals surface area contributed by atoms with Crippen LogP contribution in [0, 0.1) is 0 Å². The maximum absolute atomic E-state index is 11.5. The standard InChI is InChI=1S/C16H18N2O3/c1-21-12-6-5-11-9-13(16(19)20)15(17-14(11)10-12)18-7-3-2-4-8-18/h5-6,9-10H,2-4,7-8H2,1H3,(H,19,20). The molecular formula is C16H18N2O3. The number of anilines is 1. The smallest absolute Gasteiger partial charge is 0.339 e. The van der Waals surface area contributed by atoms with E-state index in [1.165, 1.54) is 6.42 Å². The van der Waals surface area contributed by atoms with E-state index >= 15 is 0 Å². The van der Waals surface area contributed by atoms with E-state index in [1.807, 2.05) is 18.2 Å². The Morgan fingerprint density at radius 3 is 2.67 bits per heavy atom. The summed E-state index contributed by atoms with van der Waals surface area (Å²) in [4.78, 5) is 18.2. The van der Waals surface area contributed by atoms with E-state index < -0.39 is 5.97 Å². The molecule has 1 aliphatic rings. The monoisotopic (exact) mass is 286 g/mol. The van der Waals surface area contributed by atoms with E-state index in [0.717, 1.165) is 42.6 Å². The van der Waals surface area contributed by atoms with Crippen molar-refractivity contribution in [2.24, 2.45) is 0 Å². The van der Waals surface area contributed by atoms with Crippen molar-refractivity contribution in [3.05, 3.63) is 29.8 Å². The van der Waals surface area contributed by atoms with Crippen LogP contribution < -0.4 is 9.64 Å². The van der Waals surface area contributed by atoms with Gasteiger partial charge in [0.1, 0.15) is 17.1 Å². The lowest BCUT2D eigenvalue weighted by molar-refractivity contribution is 0.0697. The van der Waals surface area contributed by atoms with Gasteiger partial charge in [0.2, 0.25) is 0 Å². The van der Waals surface area contributed by atoms with E-state index in [9.17, 15) is 9.90 Å². The van der Waals surface area contributed by atoms with Gasteiger partial charge in [-0.3, -0.25) is 0 Å². The van der Waals surface area contributed by atoms with Gasteiger partial charge in [0, 0.05) is 24.5 Å². The molecule has 0 radical (unpaired) electrons. The number of carboxylic acids is 1. The van der Waals surface area contributed by atoms with Gasteiger partial charge in [0.25, 0.3) is 0 Å². The van der Waals surface area contributed by atoms with Crippen molar-refractivity contribution in [2.75, 3.05) is 25.1 Å². The van der Waals surface area contributed by atoms with Crippen molar-refractivity contribution in [1.82, 2.24) is 4.98 Å². The zero-order chi connectivity index (χ0) is 14.8. The molecule has 1 N–H and O–H groups in total. The van der Waals surface area contributed by atoms with E-state index in [2.05, 4.69) is 9.88 Å². The second-order valence-corrected chi connectivity index (χ2v) is 5.27. The number of aromatic carboxylic acids is 1. The maximum atomic E-state index is 11.5. The Morgan fingerprint density at radius 2 is 2.00 bits per heavy atom. The molecule has 0 unspecified atom stereocenters. The van der Waals surface area contributed by atoms with Crippen LogP contribution in [0.1, 0.15) is 29.6 Å². The lowest BCUT2D eigenvalue weighted by atomic mass is 10.1. The minimum atomic E-state index is -0.930. The second kappa shape index (κ2) is 5.60. The number of aromatic nitrogens is 1. The first-order valence-electron chi connectivity index (χ1n) is 7.16. The highest BCUT2D eigenvalue weighted by Gasteiger charge is 2.20. The summed E-state index contributed by atoms with van der Waals surface area (Å²) in [5, 5.41) is 10.3. The lowest BCUT2D eigenvalue weighted by Crippen LogP contribution is -2.31. The average Bonchev–Trinajstić information content (AvgIpc) is 2.53. The highest BCUT2D eigenvalue weighted by atomic mass is 16.5. The molecule has 0 aliphatic carbocycles. The first kappa shape index (κ1) is 13.7. The van der Waals surface area contributed by atoms with E-state index in [1.54, 1.807) is 13.2 Å². The average molecular weight is 286 g/mol. The summed E-state index contributed by atoms with van der Waals surface area (Å²) in [6, 6.07) is 7.20. The fourth-order valence-electron chi connectivity index (χ4n) is 2.77. The lowest BCUT2D eigenvalue weighted by Gasteiger charge is -2.29. The Hall–Kier alpha value is -2.30. The molecule has 0 saturated carbocycles. The van der Waals surface area contributed by atoms with Gasteiger partial charge in [-0.1, -0.05) is 0 Å². The van der Waals surface area contributed by atoms with E-state index in [0.29, 0.717) is 5.82 Å². The third kappa shape index (κ3) is 2.63. The van der Waals surface area contributed by atoms with Crippen LogP contribution in [0.25, 0.3) is 10.9 Å². The summed E-state index contributed by atoms with van der Waals surface area (Å²) in [6.07, 6.45) is 3.36. The Balaban J connectivity index is 2.14. The number of carboxylic acid groups (broad SMARTS) is 1. The van der Waals surface area contributed by atoms with Crippen molar-refractivity contribution in [1.29, 1.82) is 0 Å². The summed E-state index contributed by atoms with van der Waals surface area (Å²) in [5.41, 5.74) is 1.04. The molecule has 1 aromatic carbocycles. The molecule has 5 nitrogen and oxygen atoms in total. The number of pyridine rings is 1. The van der Waals surface area contributed by atoms with Gasteiger partial charge in [-0.15, -0.1) is 0 Å². The Kier molecular flexibility index (Phi) is 3.64. The first-order chi connectivity index (χ1) is 10.2. The number of nitrogens with zero attached hydrogens (tertiary/aromatic N) is 2. The van der Waals surface area contributed by atoms with Gasteiger partial charge in [-0.25, -0.2) is 9.78 Å². The number of hydrogen-bond acceptors (Lipinski definition) is 4. The number of hydrogen-bond donors (Lipinski definition) is 1. The minimum Gasteiger partial charge on any atom is -0.497 e. The van der Waals surface area contributed by atoms with Crippen LogP contribution in [-0.4, -0.2) is 36.3 Å². The highest BCUT2D eigenvalue weighted by molar-refractivity contribution is 5.98. The number of fused-ring (bicyclic) bond motifs is 1. The summed E-state index contributed by atoms with van der Waals surface area (Å²) < 4.78 is 5.22. The molecule has 1 aromatic heterocycles. The number of piperidine rings is 1. The molecule has 3 rings (SSSR count). The second-order valence-electron chi connectivity index (χ2n) is 5.27. The molecule has 0 amide bonds. The van der Waals surface area contributed by atoms with Crippen molar-refractivity contribution in [2.45, 2.75) is 19.3 Å². The quantitative estimate of drug-likeness (QED) is 0.940. The predicted molar refractivity (Wildman–Crippen MR) is 81.3 cm³/mol. The van der Waals surface area contributed by atoms with Crippen LogP contribution in [0.15, 0.2) is 24.3 Å². The minimum absolute atomic E-state index is 0.273. The van der Waals surface area contributed by atoms with Crippen molar-refractivity contribution in [3.8, 4) is 5.75 Å². The molecule has 110 valence electrons. The Bertz CT molecular complexity index is 679. The summed E-state index contributed by atoms with van der Waals surface area (Å²) in [6.45, 7) is 1.73. The van der Waals surface area contributed by atoms with Crippen LogP contribution in [0.4, 0.5) is 5.82 Å². The molecule has 1 aliphatic heterocycles. The number of rotatable bonds is 3. The highest BCUT2D eigenvalue weighted by Crippen LogP contribution is 2.28. The molecule has 1 fully saturated rings. The fourth-order valence-corrected chi connectivity index (χ4v) is 2.77. The molecular weight excluding hydrogens is 268 g/mol. The van der Waals surface area contributed by atoms with Gasteiger partial charge in [-0.05, 0) is 37.5 Å². The summed E-state index contributed by atoms with van der Waals surface area (Å²) >= 11 is 0. The predicted octanol–water partition coefficient (Wildman–Crippen LogP) is 2.93. The van der Waals surface area contributed by atoms with Gasteiger partial charge in [-0.2, -0.15) is 0 Å². The SMILES string of the molecule is COc1ccc2cc(C(=O)O)c(N3CCCCC3)nc2c1. The zero-order valence-electron chi connectivity index (χ0n) is 12.0. The Morgan fingerprint density at radius 1 is 1.24 bits per heavy atom. The van der Waals surface area contributed by atoms with Gasteiger partial charge < -0.3 is 14.7 Å². The van der Waals surface area contributed by atoms with E-state index in [-0.39, 0.29) is 5.56 Å². The van der Waals surface area contributed by atoms with Crippen LogP contribution in [0.5, 0.6) is 5.75 Å². The van der Waals surface area contributed by atoms with Gasteiger partial charge in [0.05, 0.1) is 12.6 Å². The first-order valence-corrected chi connectivity index (χ1v) is 7.16. The van der Waals surface area contributed by atoms with Crippen LogP contribution in [-0.2, 0) is 0 Å². The molecule has 0 bridgehead atoms. The van der Waals surface area contributed by atoms with Crippen molar-refractivity contribution in [3.63, 3.8) is 0 Å². The van der Waals surface area contributed by atoms with Crippen LogP contribution in [0.2, 0.25) is 0 Å². The molecule has 0 spiro atoms.